The highest BCUT2D eigenvalue weighted by Crippen LogP contribution is 2.23. The molecule has 1 fully saturated rings. The zero-order valence-electron chi connectivity index (χ0n) is 8.85. The van der Waals surface area contributed by atoms with Gasteiger partial charge in [0.15, 0.2) is 5.03 Å². The SMILES string of the molecule is Cn1ncc(Cl)c1S(=O)(=O)N1CCNCC1. The second kappa shape index (κ2) is 4.33. The summed E-state index contributed by atoms with van der Waals surface area (Å²) in [5, 5.41) is 7.17. The van der Waals surface area contributed by atoms with Gasteiger partial charge in [-0.2, -0.15) is 9.40 Å². The van der Waals surface area contributed by atoms with Crippen molar-refractivity contribution in [2.45, 2.75) is 5.03 Å². The van der Waals surface area contributed by atoms with E-state index in [-0.39, 0.29) is 10.0 Å². The standard InChI is InChI=1S/C8H13ClN4O2S/c1-12-8(7(9)6-11-12)16(14,15)13-4-2-10-3-5-13/h6,10H,2-5H2,1H3. The van der Waals surface area contributed by atoms with Crippen molar-refractivity contribution in [2.24, 2.45) is 7.05 Å². The van der Waals surface area contributed by atoms with Crippen molar-refractivity contribution in [2.75, 3.05) is 26.2 Å². The summed E-state index contributed by atoms with van der Waals surface area (Å²) >= 11 is 5.84. The summed E-state index contributed by atoms with van der Waals surface area (Å²) in [6.07, 6.45) is 1.34. The third-order valence-corrected chi connectivity index (χ3v) is 4.91. The third kappa shape index (κ3) is 1.95. The number of sulfonamides is 1. The highest BCUT2D eigenvalue weighted by Gasteiger charge is 2.30. The lowest BCUT2D eigenvalue weighted by molar-refractivity contribution is 0.357. The third-order valence-electron chi connectivity index (χ3n) is 2.50. The maximum Gasteiger partial charge on any atom is 0.261 e. The predicted octanol–water partition coefficient (Wildman–Crippen LogP) is -0.333. The highest BCUT2D eigenvalue weighted by atomic mass is 35.5. The monoisotopic (exact) mass is 264 g/mol. The molecule has 0 amide bonds. The molecule has 0 atom stereocenters. The van der Waals surface area contributed by atoms with Crippen LogP contribution in [-0.2, 0) is 17.1 Å². The van der Waals surface area contributed by atoms with E-state index >= 15 is 0 Å². The van der Waals surface area contributed by atoms with Gasteiger partial charge in [0.05, 0.1) is 11.2 Å². The molecule has 0 aromatic carbocycles. The van der Waals surface area contributed by atoms with Gasteiger partial charge in [-0.15, -0.1) is 0 Å². The van der Waals surface area contributed by atoms with E-state index in [4.69, 9.17) is 11.6 Å². The molecule has 0 aliphatic carbocycles. The van der Waals surface area contributed by atoms with Gasteiger partial charge in [-0.3, -0.25) is 4.68 Å². The lowest BCUT2D eigenvalue weighted by atomic mass is 10.4. The van der Waals surface area contributed by atoms with Crippen LogP contribution in [0.3, 0.4) is 0 Å². The number of nitrogens with zero attached hydrogens (tertiary/aromatic N) is 3. The molecule has 16 heavy (non-hydrogen) atoms. The van der Waals surface area contributed by atoms with E-state index in [9.17, 15) is 8.42 Å². The maximum atomic E-state index is 12.2. The molecule has 1 saturated heterocycles. The Balaban J connectivity index is 2.38. The Labute approximate surface area is 99.2 Å². The van der Waals surface area contributed by atoms with Gasteiger partial charge in [-0.1, -0.05) is 11.6 Å². The molecule has 0 saturated carbocycles. The number of hydrogen-bond donors (Lipinski definition) is 1. The molecular formula is C8H13ClN4O2S. The Kier molecular flexibility index (Phi) is 3.20. The lowest BCUT2D eigenvalue weighted by Gasteiger charge is -2.26. The van der Waals surface area contributed by atoms with Gasteiger partial charge >= 0.3 is 0 Å². The molecule has 6 nitrogen and oxygen atoms in total. The summed E-state index contributed by atoms with van der Waals surface area (Å²) in [7, 11) is -1.95. The van der Waals surface area contributed by atoms with Crippen LogP contribution >= 0.6 is 11.6 Å². The number of nitrogens with one attached hydrogen (secondary N) is 1. The minimum Gasteiger partial charge on any atom is -0.314 e. The fourth-order valence-corrected chi connectivity index (χ4v) is 3.74. The van der Waals surface area contributed by atoms with Crippen molar-refractivity contribution in [3.05, 3.63) is 11.2 Å². The number of halogens is 1. The van der Waals surface area contributed by atoms with E-state index in [2.05, 4.69) is 10.4 Å². The molecular weight excluding hydrogens is 252 g/mol. The van der Waals surface area contributed by atoms with Crippen molar-refractivity contribution in [3.8, 4) is 0 Å². The van der Waals surface area contributed by atoms with Crippen LogP contribution in [0.2, 0.25) is 5.02 Å². The van der Waals surface area contributed by atoms with E-state index in [1.807, 2.05) is 0 Å². The van der Waals surface area contributed by atoms with Crippen molar-refractivity contribution < 1.29 is 8.42 Å². The Bertz CT molecular complexity index is 459. The maximum absolute atomic E-state index is 12.2. The normalized spacial score (nSPS) is 18.9. The van der Waals surface area contributed by atoms with Gasteiger partial charge in [-0.05, 0) is 0 Å². The lowest BCUT2D eigenvalue weighted by Crippen LogP contribution is -2.46. The number of piperazine rings is 1. The average Bonchev–Trinajstić information content (AvgIpc) is 2.60. The minimum atomic E-state index is -3.52. The largest absolute Gasteiger partial charge is 0.314 e. The molecule has 0 unspecified atom stereocenters. The Morgan fingerprint density at radius 1 is 1.44 bits per heavy atom. The molecule has 1 aromatic rings. The van der Waals surface area contributed by atoms with Gasteiger partial charge in [0.1, 0.15) is 0 Å². The fraction of sp³-hybridized carbons (Fsp3) is 0.625. The average molecular weight is 265 g/mol. The van der Waals surface area contributed by atoms with E-state index in [0.717, 1.165) is 0 Å². The van der Waals surface area contributed by atoms with Crippen LogP contribution in [0.15, 0.2) is 11.2 Å². The van der Waals surface area contributed by atoms with Crippen LogP contribution in [0.25, 0.3) is 0 Å². The van der Waals surface area contributed by atoms with Crippen LogP contribution in [0, 0.1) is 0 Å². The molecule has 2 rings (SSSR count). The quantitative estimate of drug-likeness (QED) is 0.794. The minimum absolute atomic E-state index is 0.0658. The van der Waals surface area contributed by atoms with Crippen LogP contribution < -0.4 is 5.32 Å². The van der Waals surface area contributed by atoms with E-state index in [1.54, 1.807) is 7.05 Å². The first-order valence-corrected chi connectivity index (χ1v) is 6.73. The van der Waals surface area contributed by atoms with Gasteiger partial charge in [0, 0.05) is 33.2 Å². The van der Waals surface area contributed by atoms with Crippen LogP contribution in [0.4, 0.5) is 0 Å². The molecule has 1 aliphatic heterocycles. The summed E-state index contributed by atoms with van der Waals surface area (Å²) in [6, 6.07) is 0. The summed E-state index contributed by atoms with van der Waals surface area (Å²) < 4.78 is 27.2. The summed E-state index contributed by atoms with van der Waals surface area (Å²) in [5.41, 5.74) is 0. The van der Waals surface area contributed by atoms with Crippen molar-refractivity contribution in [3.63, 3.8) is 0 Å². The molecule has 0 radical (unpaired) electrons. The van der Waals surface area contributed by atoms with Gasteiger partial charge in [0.2, 0.25) is 0 Å². The number of rotatable bonds is 2. The van der Waals surface area contributed by atoms with Crippen molar-refractivity contribution >= 4 is 21.6 Å². The van der Waals surface area contributed by atoms with Crippen molar-refractivity contribution in [1.82, 2.24) is 19.4 Å². The molecule has 1 aromatic heterocycles. The Morgan fingerprint density at radius 2 is 2.06 bits per heavy atom. The van der Waals surface area contributed by atoms with E-state index in [1.165, 1.54) is 15.2 Å². The topological polar surface area (TPSA) is 67.2 Å². The van der Waals surface area contributed by atoms with Gasteiger partial charge < -0.3 is 5.32 Å². The number of aromatic nitrogens is 2. The second-order valence-corrected chi connectivity index (χ2v) is 5.84. The Hall–Kier alpha value is -0.630. The summed E-state index contributed by atoms with van der Waals surface area (Å²) in [5.74, 6) is 0. The first-order chi connectivity index (χ1) is 7.53. The zero-order chi connectivity index (χ0) is 11.8. The zero-order valence-corrected chi connectivity index (χ0v) is 10.4. The fourth-order valence-electron chi connectivity index (χ4n) is 1.70. The highest BCUT2D eigenvalue weighted by molar-refractivity contribution is 7.89. The van der Waals surface area contributed by atoms with Gasteiger partial charge in [-0.25, -0.2) is 8.42 Å². The molecule has 1 aliphatic rings. The smallest absolute Gasteiger partial charge is 0.261 e. The molecule has 1 N–H and O–H groups in total. The van der Waals surface area contributed by atoms with E-state index in [0.29, 0.717) is 26.2 Å². The van der Waals surface area contributed by atoms with Crippen LogP contribution in [-0.4, -0.2) is 48.7 Å². The van der Waals surface area contributed by atoms with E-state index < -0.39 is 10.0 Å². The molecule has 8 heteroatoms. The Morgan fingerprint density at radius 3 is 2.56 bits per heavy atom. The first-order valence-electron chi connectivity index (χ1n) is 4.92. The summed E-state index contributed by atoms with van der Waals surface area (Å²) in [4.78, 5) is 0. The second-order valence-electron chi connectivity index (χ2n) is 3.58. The van der Waals surface area contributed by atoms with Gasteiger partial charge in [0.25, 0.3) is 10.0 Å². The van der Waals surface area contributed by atoms with Crippen LogP contribution in [0.5, 0.6) is 0 Å². The molecule has 2 heterocycles. The van der Waals surface area contributed by atoms with Crippen molar-refractivity contribution in [1.29, 1.82) is 0 Å². The molecule has 0 spiro atoms. The predicted molar refractivity (Wildman–Crippen MR) is 59.8 cm³/mol. The number of hydrogen-bond acceptors (Lipinski definition) is 4. The van der Waals surface area contributed by atoms with Crippen LogP contribution in [0.1, 0.15) is 0 Å². The molecule has 0 bridgehead atoms. The first kappa shape index (κ1) is 11.8. The number of aryl methyl sites for hydroxylation is 1. The summed E-state index contributed by atoms with van der Waals surface area (Å²) in [6.45, 7) is 2.25. The molecule has 90 valence electrons.